The van der Waals surface area contributed by atoms with Gasteiger partial charge in [0.05, 0.1) is 37.7 Å². The highest BCUT2D eigenvalue weighted by Crippen LogP contribution is 2.36. The maximum atomic E-state index is 13.3. The Labute approximate surface area is 371 Å². The molecule has 12 heteroatoms. The van der Waals surface area contributed by atoms with E-state index in [-0.39, 0.29) is 37.6 Å². The van der Waals surface area contributed by atoms with Gasteiger partial charge in [-0.15, -0.1) is 0 Å². The molecular weight excluding hydrogens is 801 g/mol. The normalized spacial score (nSPS) is 20.2. The second kappa shape index (κ2) is 19.1. The predicted molar refractivity (Wildman–Crippen MR) is 242 cm³/mol. The van der Waals surface area contributed by atoms with Gasteiger partial charge in [-0.25, -0.2) is 9.59 Å². The predicted octanol–water partition coefficient (Wildman–Crippen LogP) is 9.12. The first-order valence-corrected chi connectivity index (χ1v) is 22.7. The number of hydrogen-bond donors (Lipinski definition) is 0. The van der Waals surface area contributed by atoms with Gasteiger partial charge in [0.1, 0.15) is 61.6 Å². The van der Waals surface area contributed by atoms with Gasteiger partial charge >= 0.3 is 12.2 Å². The Morgan fingerprint density at radius 1 is 0.476 bits per heavy atom. The highest BCUT2D eigenvalue weighted by atomic mass is 16.6. The van der Waals surface area contributed by atoms with Crippen LogP contribution < -0.4 is 28.7 Å². The summed E-state index contributed by atoms with van der Waals surface area (Å²) in [5.74, 6) is 3.34. The largest absolute Gasteiger partial charge is 0.490 e. The molecular formula is C51H62N2O10. The van der Waals surface area contributed by atoms with Gasteiger partial charge < -0.3 is 37.9 Å². The minimum Gasteiger partial charge on any atom is -0.490 e. The van der Waals surface area contributed by atoms with Crippen LogP contribution in [-0.2, 0) is 51.1 Å². The van der Waals surface area contributed by atoms with Crippen molar-refractivity contribution in [2.24, 2.45) is 0 Å². The number of benzene rings is 4. The van der Waals surface area contributed by atoms with Gasteiger partial charge in [-0.3, -0.25) is 9.80 Å². The zero-order valence-corrected chi connectivity index (χ0v) is 38.1. The summed E-state index contributed by atoms with van der Waals surface area (Å²) in [6.45, 7) is 20.5. The maximum Gasteiger partial charge on any atom is 0.414 e. The Morgan fingerprint density at radius 2 is 0.762 bits per heavy atom. The quantitative estimate of drug-likeness (QED) is 0.0796. The molecule has 63 heavy (non-hydrogen) atoms. The highest BCUT2D eigenvalue weighted by Gasteiger charge is 2.36. The number of epoxide rings is 2. The Hall–Kier alpha value is -5.46. The number of amides is 2. The number of cyclic esters (lactones) is 2. The molecule has 4 aliphatic heterocycles. The molecule has 2 amide bonds. The molecule has 0 aromatic heterocycles. The monoisotopic (exact) mass is 862 g/mol. The van der Waals surface area contributed by atoms with E-state index in [4.69, 9.17) is 37.9 Å². The number of aryl methyl sites for hydroxylation is 8. The summed E-state index contributed by atoms with van der Waals surface area (Å²) in [6.07, 6.45) is 2.69. The molecule has 12 nitrogen and oxygen atoms in total. The summed E-state index contributed by atoms with van der Waals surface area (Å²) in [7, 11) is 0. The summed E-state index contributed by atoms with van der Waals surface area (Å²) in [5, 5.41) is 0. The molecule has 4 unspecified atom stereocenters. The van der Waals surface area contributed by atoms with E-state index >= 15 is 0 Å². The van der Waals surface area contributed by atoms with Crippen molar-refractivity contribution in [1.82, 2.24) is 0 Å². The summed E-state index contributed by atoms with van der Waals surface area (Å²) < 4.78 is 47.1. The lowest BCUT2D eigenvalue weighted by atomic mass is 9.95. The van der Waals surface area contributed by atoms with E-state index < -0.39 is 12.2 Å². The van der Waals surface area contributed by atoms with Crippen molar-refractivity contribution >= 4 is 23.6 Å². The fourth-order valence-corrected chi connectivity index (χ4v) is 8.95. The number of hydrogen-bond acceptors (Lipinski definition) is 10. The molecule has 4 saturated heterocycles. The molecule has 4 aromatic carbocycles. The van der Waals surface area contributed by atoms with Gasteiger partial charge in [0.2, 0.25) is 0 Å². The van der Waals surface area contributed by atoms with E-state index in [1.54, 1.807) is 9.80 Å². The number of carbonyl (C=O) groups excluding carboxylic acids is 2. The summed E-state index contributed by atoms with van der Waals surface area (Å²) in [6, 6.07) is 16.8. The first-order chi connectivity index (χ1) is 30.4. The van der Waals surface area contributed by atoms with Gasteiger partial charge in [0.15, 0.2) is 12.2 Å². The Kier molecular flexibility index (Phi) is 13.4. The topological polar surface area (TPSA) is 121 Å². The lowest BCUT2D eigenvalue weighted by Crippen LogP contribution is -2.28. The zero-order valence-electron chi connectivity index (χ0n) is 38.1. The van der Waals surface area contributed by atoms with Gasteiger partial charge in [0.25, 0.3) is 0 Å². The molecule has 4 heterocycles. The first-order valence-electron chi connectivity index (χ1n) is 22.7. The Bertz CT molecular complexity index is 2130. The first kappa shape index (κ1) is 44.2. The van der Waals surface area contributed by atoms with Crippen LogP contribution in [0.4, 0.5) is 21.0 Å². The van der Waals surface area contributed by atoms with Crippen LogP contribution in [0.5, 0.6) is 23.0 Å². The van der Waals surface area contributed by atoms with Crippen LogP contribution in [0.25, 0.3) is 0 Å². The minimum atomic E-state index is -0.415. The number of ether oxygens (including phenoxy) is 8. The number of carbonyl (C=O) groups is 2. The van der Waals surface area contributed by atoms with Crippen molar-refractivity contribution < 1.29 is 47.5 Å². The van der Waals surface area contributed by atoms with E-state index in [2.05, 4.69) is 76.2 Å². The fraction of sp³-hybridized carbons (Fsp3) is 0.490. The molecule has 4 fully saturated rings. The summed E-state index contributed by atoms with van der Waals surface area (Å²) >= 11 is 0. The Balaban J connectivity index is 0.882. The molecule has 0 radical (unpaired) electrons. The van der Waals surface area contributed by atoms with Gasteiger partial charge in [-0.1, -0.05) is 52.0 Å². The van der Waals surface area contributed by atoms with Crippen molar-refractivity contribution in [1.29, 1.82) is 0 Å². The van der Waals surface area contributed by atoms with Crippen molar-refractivity contribution in [3.63, 3.8) is 0 Å². The van der Waals surface area contributed by atoms with E-state index in [9.17, 15) is 9.59 Å². The van der Waals surface area contributed by atoms with E-state index in [1.165, 1.54) is 0 Å². The molecule has 4 aliphatic rings. The van der Waals surface area contributed by atoms with Crippen molar-refractivity contribution in [3.05, 3.63) is 104 Å². The van der Waals surface area contributed by atoms with Gasteiger partial charge in [0, 0.05) is 0 Å². The fourth-order valence-electron chi connectivity index (χ4n) is 8.95. The molecule has 0 aliphatic carbocycles. The van der Waals surface area contributed by atoms with E-state index in [0.29, 0.717) is 32.7 Å². The van der Waals surface area contributed by atoms with Crippen LogP contribution in [0, 0.1) is 27.7 Å². The third-order valence-corrected chi connectivity index (χ3v) is 12.3. The van der Waals surface area contributed by atoms with Crippen LogP contribution in [0.1, 0.15) is 83.3 Å². The summed E-state index contributed by atoms with van der Waals surface area (Å²) in [4.78, 5) is 30.1. The minimum absolute atomic E-state index is 0.186. The average molecular weight is 863 g/mol. The smallest absolute Gasteiger partial charge is 0.414 e. The number of nitrogens with zero attached hydrogens (tertiary/aromatic N) is 2. The van der Waals surface area contributed by atoms with Gasteiger partial charge in [-0.05, 0) is 140 Å². The second-order valence-corrected chi connectivity index (χ2v) is 17.3. The third-order valence-electron chi connectivity index (χ3n) is 12.3. The average Bonchev–Trinajstić information content (AvgIpc) is 4.20. The van der Waals surface area contributed by atoms with Crippen molar-refractivity contribution in [3.8, 4) is 23.0 Å². The Morgan fingerprint density at radius 3 is 1.03 bits per heavy atom. The van der Waals surface area contributed by atoms with E-state index in [1.807, 2.05) is 27.7 Å². The third kappa shape index (κ3) is 10.2. The molecule has 0 N–H and O–H groups in total. The van der Waals surface area contributed by atoms with Crippen molar-refractivity contribution in [2.75, 3.05) is 62.5 Å². The molecule has 8 rings (SSSR count). The molecule has 336 valence electrons. The van der Waals surface area contributed by atoms with Crippen molar-refractivity contribution in [2.45, 2.75) is 112 Å². The molecule has 0 saturated carbocycles. The number of anilines is 2. The second-order valence-electron chi connectivity index (χ2n) is 17.3. The summed E-state index contributed by atoms with van der Waals surface area (Å²) in [5.41, 5.74) is 12.3. The molecule has 4 aromatic rings. The van der Waals surface area contributed by atoms with Crippen LogP contribution in [0.15, 0.2) is 48.5 Å². The van der Waals surface area contributed by atoms with Crippen LogP contribution in [0.2, 0.25) is 0 Å². The number of rotatable bonds is 20. The standard InChI is InChI=1S/C51H62N2O10/c1-9-36-20-46(60-28-42-26-56-42)38(11-3)18-44(36)58-24-40-22-52(50(54)62-40)48-30(5)13-34(14-31(48)6)17-35-15-32(7)49(33(8)16-35)53-23-41(63-51(53)55)25-59-45-19-39(12-4)47(21-37(45)10-2)61-29-43-27-57-43/h13-16,18-21,40-43H,9-12,17,22-29H2,1-8H3. The van der Waals surface area contributed by atoms with E-state index in [0.717, 1.165) is 129 Å². The lowest BCUT2D eigenvalue weighted by Gasteiger charge is -2.22. The molecule has 4 atom stereocenters. The van der Waals surface area contributed by atoms with Crippen LogP contribution >= 0.6 is 0 Å². The lowest BCUT2D eigenvalue weighted by molar-refractivity contribution is 0.104. The van der Waals surface area contributed by atoms with Crippen LogP contribution in [-0.4, -0.2) is 89.3 Å². The molecule has 0 spiro atoms. The van der Waals surface area contributed by atoms with Crippen LogP contribution in [0.3, 0.4) is 0 Å². The van der Waals surface area contributed by atoms with Gasteiger partial charge in [-0.2, -0.15) is 0 Å². The molecule has 0 bridgehead atoms. The maximum absolute atomic E-state index is 13.3. The SMILES string of the molecule is CCc1cc(OCC2CN(c3c(C)cc(Cc4cc(C)c(N5CC(COc6cc(CC)c(OCC7CO7)cc6CC)OC5=O)c(C)c4)cc3C)C(=O)O2)c(CC)cc1OCC1CO1. The highest BCUT2D eigenvalue weighted by molar-refractivity contribution is 5.92. The zero-order chi connectivity index (χ0) is 44.4.